The summed E-state index contributed by atoms with van der Waals surface area (Å²) in [4.78, 5) is 14.8. The van der Waals surface area contributed by atoms with Crippen LogP contribution >= 0.6 is 23.1 Å². The highest BCUT2D eigenvalue weighted by Gasteiger charge is 2.14. The van der Waals surface area contributed by atoms with Gasteiger partial charge in [-0.1, -0.05) is 11.8 Å². The van der Waals surface area contributed by atoms with Crippen molar-refractivity contribution in [3.05, 3.63) is 16.6 Å². The number of aromatic nitrogens is 1. The fourth-order valence-electron chi connectivity index (χ4n) is 0.787. The summed E-state index contributed by atoms with van der Waals surface area (Å²) in [6.45, 7) is 0. The second-order valence-corrected chi connectivity index (χ2v) is 3.93. The molecule has 1 aromatic rings. The lowest BCUT2D eigenvalue weighted by Gasteiger charge is -2.08. The molecule has 0 saturated carbocycles. The first kappa shape index (κ1) is 7.75. The van der Waals surface area contributed by atoms with Crippen molar-refractivity contribution in [2.24, 2.45) is 5.10 Å². The Morgan fingerprint density at radius 2 is 2.50 bits per heavy atom. The molecule has 4 nitrogen and oxygen atoms in total. The van der Waals surface area contributed by atoms with Gasteiger partial charge in [0.1, 0.15) is 10.7 Å². The van der Waals surface area contributed by atoms with Gasteiger partial charge in [0.05, 0.1) is 5.75 Å². The molecule has 0 saturated heterocycles. The van der Waals surface area contributed by atoms with Crippen molar-refractivity contribution in [1.82, 2.24) is 10.4 Å². The molecule has 1 amide bonds. The van der Waals surface area contributed by atoms with Crippen LogP contribution in [0.2, 0.25) is 0 Å². The largest absolute Gasteiger partial charge is 0.299 e. The lowest BCUT2D eigenvalue weighted by molar-refractivity contribution is 0.261. The number of nitrogens with one attached hydrogen (secondary N) is 1. The smallest absolute Gasteiger partial charge is 0.260 e. The molecule has 0 aliphatic carbocycles. The molecule has 1 aromatic heterocycles. The van der Waals surface area contributed by atoms with E-state index < -0.39 is 0 Å². The number of rotatable bonds is 1. The molecule has 2 rings (SSSR count). The van der Waals surface area contributed by atoms with Gasteiger partial charge in [-0.2, -0.15) is 5.10 Å². The summed E-state index contributed by atoms with van der Waals surface area (Å²) in [5, 5.41) is 6.56. The van der Waals surface area contributed by atoms with Gasteiger partial charge in [-0.15, -0.1) is 11.3 Å². The second kappa shape index (κ2) is 3.24. The lowest BCUT2D eigenvalue weighted by Crippen LogP contribution is -2.23. The molecule has 1 aliphatic heterocycles. The average molecular weight is 199 g/mol. The highest BCUT2D eigenvalue weighted by atomic mass is 32.2. The number of thioether (sulfide) groups is 1. The van der Waals surface area contributed by atoms with Crippen LogP contribution in [0.25, 0.3) is 0 Å². The zero-order valence-electron chi connectivity index (χ0n) is 5.98. The SMILES string of the molecule is O=C1NN=C(c2nccs2)CS1. The zero-order chi connectivity index (χ0) is 8.39. The van der Waals surface area contributed by atoms with E-state index in [1.807, 2.05) is 5.38 Å². The first-order valence-electron chi connectivity index (χ1n) is 3.25. The van der Waals surface area contributed by atoms with E-state index in [2.05, 4.69) is 15.5 Å². The first-order valence-corrected chi connectivity index (χ1v) is 5.12. The third-order valence-electron chi connectivity index (χ3n) is 1.30. The Morgan fingerprint density at radius 1 is 1.58 bits per heavy atom. The van der Waals surface area contributed by atoms with Crippen LogP contribution in [0.4, 0.5) is 4.79 Å². The van der Waals surface area contributed by atoms with Crippen LogP contribution in [0, 0.1) is 0 Å². The summed E-state index contributed by atoms with van der Waals surface area (Å²) < 4.78 is 0. The van der Waals surface area contributed by atoms with Gasteiger partial charge in [-0.25, -0.2) is 10.4 Å². The number of amides is 1. The predicted octanol–water partition coefficient (Wildman–Crippen LogP) is 1.30. The molecule has 0 spiro atoms. The summed E-state index contributed by atoms with van der Waals surface area (Å²) in [5.74, 6) is 0.610. The van der Waals surface area contributed by atoms with Crippen molar-refractivity contribution in [3.63, 3.8) is 0 Å². The Morgan fingerprint density at radius 3 is 3.08 bits per heavy atom. The Bertz CT molecular complexity index is 320. The first-order chi connectivity index (χ1) is 5.86. The second-order valence-electron chi connectivity index (χ2n) is 2.08. The standard InChI is InChI=1S/C6H5N3OS2/c10-6-9-8-4(3-12-6)5-7-1-2-11-5/h1-2H,3H2,(H,9,10). The molecule has 0 unspecified atom stereocenters. The molecule has 0 fully saturated rings. The minimum Gasteiger partial charge on any atom is -0.260 e. The number of hydrazone groups is 1. The fraction of sp³-hybridized carbons (Fsp3) is 0.167. The molecule has 62 valence electrons. The van der Waals surface area contributed by atoms with E-state index in [1.165, 1.54) is 23.1 Å². The van der Waals surface area contributed by atoms with Gasteiger partial charge in [0.25, 0.3) is 5.24 Å². The number of hydrogen-bond donors (Lipinski definition) is 1. The van der Waals surface area contributed by atoms with E-state index in [-0.39, 0.29) is 5.24 Å². The van der Waals surface area contributed by atoms with Crippen molar-refractivity contribution in [1.29, 1.82) is 0 Å². The highest BCUT2D eigenvalue weighted by molar-refractivity contribution is 8.14. The molecule has 1 N–H and O–H groups in total. The van der Waals surface area contributed by atoms with Crippen molar-refractivity contribution in [2.75, 3.05) is 5.75 Å². The molecule has 0 aromatic carbocycles. The maximum atomic E-state index is 10.7. The summed E-state index contributed by atoms with van der Waals surface area (Å²) in [5.41, 5.74) is 3.24. The van der Waals surface area contributed by atoms with Crippen molar-refractivity contribution >= 4 is 34.0 Å². The van der Waals surface area contributed by atoms with E-state index >= 15 is 0 Å². The van der Waals surface area contributed by atoms with Gasteiger partial charge >= 0.3 is 0 Å². The quantitative estimate of drug-likeness (QED) is 0.741. The van der Waals surface area contributed by atoms with Crippen LogP contribution in [-0.2, 0) is 0 Å². The molecule has 1 aliphatic rings. The maximum Gasteiger partial charge on any atom is 0.299 e. The summed E-state index contributed by atoms with van der Waals surface area (Å²) in [6.07, 6.45) is 1.73. The van der Waals surface area contributed by atoms with Crippen LogP contribution in [0.1, 0.15) is 5.01 Å². The van der Waals surface area contributed by atoms with Gasteiger partial charge < -0.3 is 0 Å². The molecule has 0 atom stereocenters. The fourth-order valence-corrected chi connectivity index (χ4v) is 2.08. The van der Waals surface area contributed by atoms with E-state index in [4.69, 9.17) is 0 Å². The van der Waals surface area contributed by atoms with Crippen molar-refractivity contribution < 1.29 is 4.79 Å². The Balaban J connectivity index is 2.21. The van der Waals surface area contributed by atoms with Gasteiger partial charge in [0.15, 0.2) is 0 Å². The number of thiazole rings is 1. The van der Waals surface area contributed by atoms with E-state index in [9.17, 15) is 4.79 Å². The molecule has 0 bridgehead atoms. The van der Waals surface area contributed by atoms with Crippen LogP contribution < -0.4 is 5.43 Å². The van der Waals surface area contributed by atoms with Crippen LogP contribution in [-0.4, -0.2) is 21.7 Å². The molecular weight excluding hydrogens is 194 g/mol. The molecular formula is C6H5N3OS2. The van der Waals surface area contributed by atoms with Crippen LogP contribution in [0.5, 0.6) is 0 Å². The minimum atomic E-state index is -0.102. The van der Waals surface area contributed by atoms with Crippen molar-refractivity contribution in [2.45, 2.75) is 0 Å². The Kier molecular flexibility index (Phi) is 2.09. The third kappa shape index (κ3) is 1.49. The lowest BCUT2D eigenvalue weighted by atomic mass is 10.4. The Labute approximate surface area is 77.1 Å². The highest BCUT2D eigenvalue weighted by Crippen LogP contribution is 2.14. The van der Waals surface area contributed by atoms with E-state index in [0.29, 0.717) is 5.75 Å². The van der Waals surface area contributed by atoms with Crippen molar-refractivity contribution in [3.8, 4) is 0 Å². The topological polar surface area (TPSA) is 54.4 Å². The third-order valence-corrected chi connectivity index (χ3v) is 2.89. The van der Waals surface area contributed by atoms with Gasteiger partial charge in [-0.05, 0) is 0 Å². The Hall–Kier alpha value is -0.880. The minimum absolute atomic E-state index is 0.102. The van der Waals surface area contributed by atoms with Gasteiger partial charge in [0.2, 0.25) is 0 Å². The summed E-state index contributed by atoms with van der Waals surface area (Å²) in [6, 6.07) is 0. The van der Waals surface area contributed by atoms with Crippen LogP contribution in [0.15, 0.2) is 16.7 Å². The number of carbonyl (C=O) groups is 1. The predicted molar refractivity (Wildman–Crippen MR) is 49.6 cm³/mol. The average Bonchev–Trinajstić information content (AvgIpc) is 2.58. The number of carbonyl (C=O) groups excluding carboxylic acids is 1. The molecule has 0 radical (unpaired) electrons. The monoisotopic (exact) mass is 199 g/mol. The maximum absolute atomic E-state index is 10.7. The zero-order valence-corrected chi connectivity index (χ0v) is 7.61. The van der Waals surface area contributed by atoms with E-state index in [1.54, 1.807) is 6.20 Å². The van der Waals surface area contributed by atoms with Gasteiger partial charge in [0, 0.05) is 11.6 Å². The van der Waals surface area contributed by atoms with Gasteiger partial charge in [-0.3, -0.25) is 4.79 Å². The molecule has 6 heteroatoms. The normalized spacial score (nSPS) is 17.0. The van der Waals surface area contributed by atoms with E-state index in [0.717, 1.165) is 10.7 Å². The molecule has 2 heterocycles. The number of hydrogen-bond acceptors (Lipinski definition) is 5. The summed E-state index contributed by atoms with van der Waals surface area (Å²) in [7, 11) is 0. The number of nitrogens with zero attached hydrogens (tertiary/aromatic N) is 2. The molecule has 12 heavy (non-hydrogen) atoms. The van der Waals surface area contributed by atoms with Crippen LogP contribution in [0.3, 0.4) is 0 Å². The summed E-state index contributed by atoms with van der Waals surface area (Å²) >= 11 is 2.73.